The Morgan fingerprint density at radius 3 is 1.23 bits per heavy atom. The topological polar surface area (TPSA) is 748 Å². The van der Waals surface area contributed by atoms with Gasteiger partial charge in [-0.2, -0.15) is 0 Å². The Morgan fingerprint density at radius 1 is 0.377 bits per heavy atom. The van der Waals surface area contributed by atoms with Gasteiger partial charge in [0.15, 0.2) is 0 Å². The number of benzene rings is 3. The minimum absolute atomic E-state index is 0.0284. The summed E-state index contributed by atoms with van der Waals surface area (Å²) in [7, 11) is 0. The van der Waals surface area contributed by atoms with Crippen LogP contribution in [-0.2, 0) is 110 Å². The minimum atomic E-state index is -2.17. The molecular formula is C77H108N18O27. The molecule has 15 amide bonds. The molecule has 0 aliphatic rings. The summed E-state index contributed by atoms with van der Waals surface area (Å²) in [6.07, 6.45) is -5.65. The van der Waals surface area contributed by atoms with E-state index in [-0.39, 0.29) is 57.4 Å². The van der Waals surface area contributed by atoms with Crippen LogP contribution in [0.3, 0.4) is 0 Å². The summed E-state index contributed by atoms with van der Waals surface area (Å²) in [6, 6.07) is -3.43. The van der Waals surface area contributed by atoms with Crippen molar-refractivity contribution in [1.82, 2.24) is 79.4 Å². The second-order valence-corrected chi connectivity index (χ2v) is 29.0. The number of aromatic amines is 1. The van der Waals surface area contributed by atoms with Gasteiger partial charge in [0, 0.05) is 36.4 Å². The molecule has 0 unspecified atom stereocenters. The molecule has 1 heterocycles. The van der Waals surface area contributed by atoms with Crippen molar-refractivity contribution in [2.24, 2.45) is 23.1 Å². The smallest absolute Gasteiger partial charge is 0.326 e. The lowest BCUT2D eigenvalue weighted by atomic mass is 10.00. The predicted octanol–water partition coefficient (Wildman–Crippen LogP) is -8.34. The molecule has 122 heavy (non-hydrogen) atoms. The number of carboxylic acid groups (broad SMARTS) is 4. The van der Waals surface area contributed by atoms with Gasteiger partial charge in [-0.15, -0.1) is 0 Å². The number of aliphatic carboxylic acids is 4. The molecule has 0 radical (unpaired) electrons. The summed E-state index contributed by atoms with van der Waals surface area (Å²) in [6.45, 7) is 2.89. The number of hydrogen-bond donors (Lipinski definition) is 26. The maximum atomic E-state index is 14.3. The van der Waals surface area contributed by atoms with Gasteiger partial charge in [0.2, 0.25) is 88.6 Å². The first kappa shape index (κ1) is 101. The quantitative estimate of drug-likeness (QED) is 0.0183. The van der Waals surface area contributed by atoms with Crippen molar-refractivity contribution in [3.63, 3.8) is 0 Å². The first-order valence-electron chi connectivity index (χ1n) is 38.6. The lowest BCUT2D eigenvalue weighted by Crippen LogP contribution is -2.63. The normalized spacial score (nSPS) is 15.0. The van der Waals surface area contributed by atoms with Crippen LogP contribution >= 0.6 is 0 Å². The Morgan fingerprint density at radius 2 is 0.754 bits per heavy atom. The summed E-state index contributed by atoms with van der Waals surface area (Å²) in [5, 5.41) is 112. The van der Waals surface area contributed by atoms with Gasteiger partial charge in [0.25, 0.3) is 0 Å². The number of carbonyl (C=O) groups is 19. The molecule has 0 fully saturated rings. The van der Waals surface area contributed by atoms with Gasteiger partial charge in [-0.1, -0.05) is 92.7 Å². The summed E-state index contributed by atoms with van der Waals surface area (Å²) in [5.41, 5.74) is 19.4. The highest BCUT2D eigenvalue weighted by Gasteiger charge is 2.40. The number of unbranched alkanes of at least 4 members (excludes halogenated alkanes) is 1. The van der Waals surface area contributed by atoms with Crippen molar-refractivity contribution in [2.45, 2.75) is 208 Å². The van der Waals surface area contributed by atoms with Crippen LogP contribution in [0, 0.1) is 5.92 Å². The standard InChI is InChI=1S/C77H108N18O27/c1-37(2)26-49(88-70(114)52(30-58(80)100)87-65(109)45(79)27-41-16-8-6-9-17-41)67(111)89-50(28-42-18-10-7-11-19-42)68(112)93-57(36-98)75(119)95-62(40(5)99)76(120)84-47(22-14-15-25-78)66(110)90-54(32-61(105)106)72(116)92-56(35-97)74(118)94-55(34-96)73(117)83-38(3)63(107)82-39(4)64(108)86-51(29-43-33-81-46-21-13-12-20-44(43)46)69(113)91-53(31-60(103)104)71(115)85-48(77(121)122)23-24-59(101)102/h6-13,16-21,33,37-40,45,47-57,62,81,96-99H,14-15,22-32,34-36,78-79H2,1-5H3,(H2,80,100)(H,82,107)(H,83,117)(H,84,120)(H,85,115)(H,86,108)(H,87,109)(H,88,114)(H,89,111)(H,90,110)(H,91,113)(H,92,116)(H,93,112)(H,94,118)(H,95,119)(H,101,102)(H,103,104)(H,105,106)(H,121,122)/t38-,39-,40+,45-,47-,48-,49-,50-,51-,52-,53-,54-,55-,56-,57-,62-/m0/s1. The first-order valence-corrected chi connectivity index (χ1v) is 38.6. The third kappa shape index (κ3) is 34.3. The monoisotopic (exact) mass is 1720 g/mol. The fraction of sp³-hybridized carbons (Fsp3) is 0.494. The number of fused-ring (bicyclic) bond motifs is 1. The third-order valence-corrected chi connectivity index (χ3v) is 18.5. The molecule has 45 heteroatoms. The number of nitrogens with one attached hydrogen (secondary N) is 15. The van der Waals surface area contributed by atoms with E-state index in [1.165, 1.54) is 6.20 Å². The van der Waals surface area contributed by atoms with E-state index in [1.54, 1.807) is 98.8 Å². The predicted molar refractivity (Wildman–Crippen MR) is 427 cm³/mol. The number of amides is 15. The maximum absolute atomic E-state index is 14.3. The van der Waals surface area contributed by atoms with Crippen molar-refractivity contribution in [3.8, 4) is 0 Å². The third-order valence-electron chi connectivity index (χ3n) is 18.5. The van der Waals surface area contributed by atoms with Gasteiger partial charge >= 0.3 is 23.9 Å². The first-order chi connectivity index (χ1) is 57.6. The van der Waals surface area contributed by atoms with Crippen LogP contribution in [0.5, 0.6) is 0 Å². The van der Waals surface area contributed by atoms with Gasteiger partial charge in [0.1, 0.15) is 84.6 Å². The molecule has 0 saturated heterocycles. The van der Waals surface area contributed by atoms with Gasteiger partial charge in [0.05, 0.1) is 51.2 Å². The fourth-order valence-electron chi connectivity index (χ4n) is 12.0. The molecule has 0 spiro atoms. The van der Waals surface area contributed by atoms with E-state index in [0.29, 0.717) is 27.6 Å². The Labute approximate surface area is 697 Å². The van der Waals surface area contributed by atoms with E-state index >= 15 is 0 Å². The molecule has 0 aliphatic heterocycles. The van der Waals surface area contributed by atoms with Crippen LogP contribution in [0.4, 0.5) is 0 Å². The summed E-state index contributed by atoms with van der Waals surface area (Å²) >= 11 is 0. The molecule has 4 rings (SSSR count). The van der Waals surface area contributed by atoms with Gasteiger partial charge < -0.3 is 137 Å². The van der Waals surface area contributed by atoms with Crippen LogP contribution in [0.25, 0.3) is 10.9 Å². The van der Waals surface area contributed by atoms with E-state index in [9.17, 15) is 127 Å². The Kier molecular flexibility index (Phi) is 42.1. The Hall–Kier alpha value is -13.1. The lowest BCUT2D eigenvalue weighted by Gasteiger charge is -2.28. The molecule has 29 N–H and O–H groups in total. The number of nitrogens with two attached hydrogens (primary N) is 3. The number of aliphatic hydroxyl groups excluding tert-OH is 4. The van der Waals surface area contributed by atoms with Crippen LogP contribution in [0.1, 0.15) is 109 Å². The number of carboxylic acids is 4. The average molecular weight is 1720 g/mol. The summed E-state index contributed by atoms with van der Waals surface area (Å²) in [4.78, 5) is 256. The van der Waals surface area contributed by atoms with Gasteiger partial charge in [-0.05, 0) is 94.5 Å². The molecule has 4 aromatic rings. The number of aromatic nitrogens is 1. The molecule has 0 aliphatic carbocycles. The fourth-order valence-corrected chi connectivity index (χ4v) is 12.0. The van der Waals surface area contributed by atoms with Crippen LogP contribution in [-0.4, -0.2) is 281 Å². The molecule has 45 nitrogen and oxygen atoms in total. The number of para-hydroxylation sites is 1. The SMILES string of the molecule is CC(C)C[C@H](NC(=O)[C@H](CC(N)=O)NC(=O)[C@@H](N)Cc1ccccc1)C(=O)N[C@@H](Cc1ccccc1)C(=O)N[C@@H](CO)C(=O)N[C@H](C(=O)N[C@@H](CCCCN)C(=O)N[C@@H](CC(=O)O)C(=O)N[C@@H](CO)C(=O)N[C@@H](CO)C(=O)N[C@@H](C)C(=O)N[C@@H](C)C(=O)N[C@@H](Cc1c[nH]c2ccccc12)C(=O)N[C@@H](CC(=O)O)C(=O)N[C@@H](CCC(=O)O)C(=O)O)[C@@H](C)O. The van der Waals surface area contributed by atoms with E-state index < -0.39 is 261 Å². The number of primary amides is 1. The Bertz CT molecular complexity index is 4320. The number of H-pyrrole nitrogens is 1. The van der Waals surface area contributed by atoms with E-state index in [4.69, 9.17) is 22.3 Å². The summed E-state index contributed by atoms with van der Waals surface area (Å²) in [5.74, 6) is -24.7. The van der Waals surface area contributed by atoms with Crippen molar-refractivity contribution < 1.29 is 132 Å². The largest absolute Gasteiger partial charge is 0.481 e. The highest BCUT2D eigenvalue weighted by molar-refractivity contribution is 6.02. The maximum Gasteiger partial charge on any atom is 0.326 e. The highest BCUT2D eigenvalue weighted by Crippen LogP contribution is 2.20. The molecule has 668 valence electrons. The lowest BCUT2D eigenvalue weighted by molar-refractivity contribution is -0.144. The average Bonchev–Trinajstić information content (AvgIpc) is 1.62. The molecule has 0 bridgehead atoms. The molecule has 1 aromatic heterocycles. The van der Waals surface area contributed by atoms with Crippen molar-refractivity contribution in [2.75, 3.05) is 26.4 Å². The minimum Gasteiger partial charge on any atom is -0.481 e. The zero-order valence-corrected chi connectivity index (χ0v) is 67.4. The van der Waals surface area contributed by atoms with Gasteiger partial charge in [-0.25, -0.2) is 4.79 Å². The van der Waals surface area contributed by atoms with E-state index in [0.717, 1.165) is 20.8 Å². The summed E-state index contributed by atoms with van der Waals surface area (Å²) < 4.78 is 0. The number of hydrogen-bond acceptors (Lipinski definition) is 25. The molecule has 0 saturated carbocycles. The van der Waals surface area contributed by atoms with Crippen molar-refractivity contribution in [3.05, 3.63) is 108 Å². The molecule has 3 aromatic carbocycles. The second kappa shape index (κ2) is 50.7. The zero-order chi connectivity index (χ0) is 91.2. The number of carbonyl (C=O) groups excluding carboxylic acids is 15. The van der Waals surface area contributed by atoms with Gasteiger partial charge in [-0.3, -0.25) is 86.3 Å². The molecule has 16 atom stereocenters. The van der Waals surface area contributed by atoms with Crippen LogP contribution in [0.2, 0.25) is 0 Å². The van der Waals surface area contributed by atoms with Crippen LogP contribution in [0.15, 0.2) is 91.1 Å². The number of rotatable bonds is 54. The Balaban J connectivity index is 1.46. The zero-order valence-electron chi connectivity index (χ0n) is 67.4. The van der Waals surface area contributed by atoms with E-state index in [2.05, 4.69) is 63.5 Å². The molecular weight excluding hydrogens is 1610 g/mol. The van der Waals surface area contributed by atoms with Crippen LogP contribution < -0.4 is 91.6 Å². The van der Waals surface area contributed by atoms with Crippen molar-refractivity contribution >= 4 is 123 Å². The van der Waals surface area contributed by atoms with E-state index in [1.807, 2.05) is 16.0 Å². The van der Waals surface area contributed by atoms with Crippen molar-refractivity contribution in [1.29, 1.82) is 0 Å². The second-order valence-electron chi connectivity index (χ2n) is 29.0. The number of aliphatic hydroxyl groups is 4. The highest BCUT2D eigenvalue weighted by atomic mass is 16.4.